The molecule has 0 unspecified atom stereocenters. The average molecular weight is 278 g/mol. The molecule has 0 aliphatic rings. The van der Waals surface area contributed by atoms with Crippen molar-refractivity contribution in [1.82, 2.24) is 15.3 Å². The summed E-state index contributed by atoms with van der Waals surface area (Å²) in [6.45, 7) is 1.17. The van der Waals surface area contributed by atoms with Crippen LogP contribution in [0.1, 0.15) is 11.4 Å². The summed E-state index contributed by atoms with van der Waals surface area (Å²) in [5, 5.41) is 3.67. The van der Waals surface area contributed by atoms with Gasteiger partial charge in [0.25, 0.3) is 0 Å². The first-order valence-electron chi connectivity index (χ1n) is 6.12. The quantitative estimate of drug-likeness (QED) is 0.881. The third kappa shape index (κ3) is 4.19. The van der Waals surface area contributed by atoms with Gasteiger partial charge in [-0.25, -0.2) is 4.98 Å². The van der Waals surface area contributed by atoms with Gasteiger partial charge in [0.2, 0.25) is 5.88 Å². The Kier molecular flexibility index (Phi) is 5.12. The predicted octanol–water partition coefficient (Wildman–Crippen LogP) is 2.47. The molecule has 0 saturated heterocycles. The molecule has 0 spiro atoms. The second kappa shape index (κ2) is 7.07. The number of nitrogens with zero attached hydrogens (tertiary/aromatic N) is 2. The van der Waals surface area contributed by atoms with Gasteiger partial charge in [0.05, 0.1) is 17.3 Å². The zero-order valence-corrected chi connectivity index (χ0v) is 11.5. The van der Waals surface area contributed by atoms with Crippen molar-refractivity contribution in [3.8, 4) is 5.88 Å². The van der Waals surface area contributed by atoms with Crippen LogP contribution in [0.15, 0.2) is 36.5 Å². The Morgan fingerprint density at radius 3 is 2.89 bits per heavy atom. The van der Waals surface area contributed by atoms with Crippen LogP contribution in [-0.2, 0) is 13.0 Å². The van der Waals surface area contributed by atoms with Gasteiger partial charge in [0.1, 0.15) is 0 Å². The van der Waals surface area contributed by atoms with E-state index in [1.165, 1.54) is 0 Å². The molecule has 0 fully saturated rings. The molecule has 0 bridgehead atoms. The molecular formula is C14H16ClN3O. The first-order chi connectivity index (χ1) is 9.29. The lowest BCUT2D eigenvalue weighted by Crippen LogP contribution is -2.09. The molecular weight excluding hydrogens is 262 g/mol. The summed E-state index contributed by atoms with van der Waals surface area (Å²) in [5.41, 5.74) is 1.80. The van der Waals surface area contributed by atoms with E-state index in [0.29, 0.717) is 24.1 Å². The summed E-state index contributed by atoms with van der Waals surface area (Å²) in [6, 6.07) is 9.42. The second-order valence-corrected chi connectivity index (χ2v) is 4.44. The molecule has 19 heavy (non-hydrogen) atoms. The smallest absolute Gasteiger partial charge is 0.213 e. The number of ether oxygens (including phenoxy) is 1. The number of halogens is 1. The normalized spacial score (nSPS) is 10.4. The van der Waals surface area contributed by atoms with Gasteiger partial charge in [-0.3, -0.25) is 4.98 Å². The molecule has 0 atom stereocenters. The summed E-state index contributed by atoms with van der Waals surface area (Å²) in [7, 11) is 1.85. The maximum atomic E-state index is 6.04. The number of hydrogen-bond acceptors (Lipinski definition) is 4. The summed E-state index contributed by atoms with van der Waals surface area (Å²) in [5.74, 6) is 0.589. The fourth-order valence-corrected chi connectivity index (χ4v) is 1.81. The topological polar surface area (TPSA) is 47.0 Å². The minimum Gasteiger partial charge on any atom is -0.477 e. The van der Waals surface area contributed by atoms with Gasteiger partial charge in [-0.15, -0.1) is 0 Å². The van der Waals surface area contributed by atoms with Crippen LogP contribution in [0.4, 0.5) is 0 Å². The lowest BCUT2D eigenvalue weighted by atomic mass is 10.3. The van der Waals surface area contributed by atoms with Crippen LogP contribution in [0.5, 0.6) is 5.88 Å². The van der Waals surface area contributed by atoms with Crippen LogP contribution in [0, 0.1) is 0 Å². The maximum absolute atomic E-state index is 6.04. The molecule has 0 aliphatic heterocycles. The lowest BCUT2D eigenvalue weighted by molar-refractivity contribution is 0.307. The minimum atomic E-state index is 0.546. The third-order valence-corrected chi connectivity index (χ3v) is 2.92. The largest absolute Gasteiger partial charge is 0.477 e. The van der Waals surface area contributed by atoms with Crippen molar-refractivity contribution < 1.29 is 4.74 Å². The Labute approximate surface area is 117 Å². The monoisotopic (exact) mass is 277 g/mol. The van der Waals surface area contributed by atoms with E-state index in [2.05, 4.69) is 15.3 Å². The highest BCUT2D eigenvalue weighted by atomic mass is 35.5. The highest BCUT2D eigenvalue weighted by Crippen LogP contribution is 2.17. The fraction of sp³-hybridized carbons (Fsp3) is 0.286. The van der Waals surface area contributed by atoms with Crippen molar-refractivity contribution in [1.29, 1.82) is 0 Å². The number of hydrogen-bond donors (Lipinski definition) is 1. The van der Waals surface area contributed by atoms with Crippen LogP contribution < -0.4 is 10.1 Å². The molecule has 2 rings (SSSR count). The fourth-order valence-electron chi connectivity index (χ4n) is 1.64. The summed E-state index contributed by atoms with van der Waals surface area (Å²) in [6.07, 6.45) is 2.54. The third-order valence-electron chi connectivity index (χ3n) is 2.57. The number of rotatable bonds is 6. The first-order valence-corrected chi connectivity index (χ1v) is 6.50. The summed E-state index contributed by atoms with van der Waals surface area (Å²) < 4.78 is 5.61. The number of pyridine rings is 2. The van der Waals surface area contributed by atoms with Gasteiger partial charge in [-0.05, 0) is 25.2 Å². The first kappa shape index (κ1) is 13.8. The Morgan fingerprint density at radius 1 is 1.26 bits per heavy atom. The zero-order valence-electron chi connectivity index (χ0n) is 10.8. The molecule has 0 amide bonds. The van der Waals surface area contributed by atoms with E-state index in [4.69, 9.17) is 16.3 Å². The van der Waals surface area contributed by atoms with E-state index < -0.39 is 0 Å². The Balaban J connectivity index is 1.91. The van der Waals surface area contributed by atoms with Gasteiger partial charge >= 0.3 is 0 Å². The predicted molar refractivity (Wildman–Crippen MR) is 75.4 cm³/mol. The van der Waals surface area contributed by atoms with Gasteiger partial charge in [0, 0.05) is 30.9 Å². The van der Waals surface area contributed by atoms with E-state index >= 15 is 0 Å². The van der Waals surface area contributed by atoms with Crippen LogP contribution in [-0.4, -0.2) is 23.6 Å². The molecule has 4 nitrogen and oxygen atoms in total. The summed E-state index contributed by atoms with van der Waals surface area (Å²) in [4.78, 5) is 8.60. The van der Waals surface area contributed by atoms with E-state index in [1.807, 2.05) is 25.2 Å². The minimum absolute atomic E-state index is 0.546. The second-order valence-electron chi connectivity index (χ2n) is 4.03. The van der Waals surface area contributed by atoms with Crippen LogP contribution in [0.2, 0.25) is 5.02 Å². The van der Waals surface area contributed by atoms with E-state index in [9.17, 15) is 0 Å². The van der Waals surface area contributed by atoms with Crippen LogP contribution in [0.25, 0.3) is 0 Å². The highest BCUT2D eigenvalue weighted by Gasteiger charge is 2.04. The van der Waals surface area contributed by atoms with Gasteiger partial charge in [0.15, 0.2) is 0 Å². The van der Waals surface area contributed by atoms with Crippen molar-refractivity contribution in [2.75, 3.05) is 13.7 Å². The van der Waals surface area contributed by atoms with Crippen molar-refractivity contribution in [2.45, 2.75) is 13.0 Å². The van der Waals surface area contributed by atoms with Crippen molar-refractivity contribution >= 4 is 11.6 Å². The van der Waals surface area contributed by atoms with Crippen molar-refractivity contribution in [3.63, 3.8) is 0 Å². The molecule has 0 radical (unpaired) electrons. The molecule has 1 N–H and O–H groups in total. The SMILES string of the molecule is CNCc1nc(OCCc2ccccn2)ccc1Cl. The molecule has 2 aromatic rings. The van der Waals surface area contributed by atoms with Crippen molar-refractivity contribution in [2.24, 2.45) is 0 Å². The molecule has 2 heterocycles. The van der Waals surface area contributed by atoms with Gasteiger partial charge < -0.3 is 10.1 Å². The van der Waals surface area contributed by atoms with Crippen LogP contribution >= 0.6 is 11.6 Å². The maximum Gasteiger partial charge on any atom is 0.213 e. The van der Waals surface area contributed by atoms with E-state index in [-0.39, 0.29) is 0 Å². The number of aromatic nitrogens is 2. The summed E-state index contributed by atoms with van der Waals surface area (Å²) >= 11 is 6.04. The Bertz CT molecular complexity index is 519. The standard InChI is InChI=1S/C14H16ClN3O/c1-16-10-13-12(15)5-6-14(18-13)19-9-7-11-4-2-3-8-17-11/h2-6,8,16H,7,9-10H2,1H3. The average Bonchev–Trinajstić information content (AvgIpc) is 2.44. The Hall–Kier alpha value is -1.65. The Morgan fingerprint density at radius 2 is 2.16 bits per heavy atom. The van der Waals surface area contributed by atoms with Crippen LogP contribution in [0.3, 0.4) is 0 Å². The molecule has 0 aromatic carbocycles. The van der Waals surface area contributed by atoms with Gasteiger partial charge in [-0.1, -0.05) is 17.7 Å². The molecule has 0 aliphatic carbocycles. The van der Waals surface area contributed by atoms with Crippen molar-refractivity contribution in [3.05, 3.63) is 52.9 Å². The van der Waals surface area contributed by atoms with E-state index in [1.54, 1.807) is 18.3 Å². The lowest BCUT2D eigenvalue weighted by Gasteiger charge is -2.08. The molecule has 100 valence electrons. The van der Waals surface area contributed by atoms with Gasteiger partial charge in [-0.2, -0.15) is 0 Å². The zero-order chi connectivity index (χ0) is 13.5. The molecule has 5 heteroatoms. The highest BCUT2D eigenvalue weighted by molar-refractivity contribution is 6.31. The number of nitrogens with one attached hydrogen (secondary N) is 1. The molecule has 2 aromatic heterocycles. The molecule has 0 saturated carbocycles. The van der Waals surface area contributed by atoms with E-state index in [0.717, 1.165) is 17.8 Å².